The third kappa shape index (κ3) is 7.52. The van der Waals surface area contributed by atoms with Gasteiger partial charge in [0.25, 0.3) is 0 Å². The Kier molecular flexibility index (Phi) is 9.05. The van der Waals surface area contributed by atoms with Crippen molar-refractivity contribution >= 4 is 12.0 Å². The number of methoxy groups -OCH3 is 2. The van der Waals surface area contributed by atoms with E-state index in [1.54, 1.807) is 19.1 Å². The minimum atomic E-state index is -0.550. The maximum Gasteiger partial charge on any atom is 0.410 e. The van der Waals surface area contributed by atoms with Crippen molar-refractivity contribution in [2.24, 2.45) is 5.92 Å². The number of likely N-dealkylation sites (tertiary alicyclic amines) is 1. The van der Waals surface area contributed by atoms with E-state index in [9.17, 15) is 9.59 Å². The van der Waals surface area contributed by atoms with Crippen LogP contribution in [-0.2, 0) is 20.8 Å². The molecule has 2 fully saturated rings. The molecule has 3 rings (SSSR count). The normalized spacial score (nSPS) is 18.4. The summed E-state index contributed by atoms with van der Waals surface area (Å²) in [4.78, 5) is 29.8. The van der Waals surface area contributed by atoms with E-state index >= 15 is 0 Å². The highest BCUT2D eigenvalue weighted by Crippen LogP contribution is 2.34. The van der Waals surface area contributed by atoms with Crippen molar-refractivity contribution < 1.29 is 28.5 Å². The number of rotatable bonds is 10. The van der Waals surface area contributed by atoms with Crippen LogP contribution in [0.25, 0.3) is 0 Å². The molecule has 34 heavy (non-hydrogen) atoms. The molecule has 2 amide bonds. The maximum absolute atomic E-state index is 13.6. The summed E-state index contributed by atoms with van der Waals surface area (Å²) >= 11 is 0. The van der Waals surface area contributed by atoms with Crippen LogP contribution in [0.1, 0.15) is 58.4 Å². The van der Waals surface area contributed by atoms with E-state index in [1.165, 1.54) is 0 Å². The molecule has 1 saturated carbocycles. The maximum atomic E-state index is 13.6. The second kappa shape index (κ2) is 11.8. The molecule has 0 aromatic heterocycles. The van der Waals surface area contributed by atoms with Crippen LogP contribution in [0.3, 0.4) is 0 Å². The molecular formula is C26H40N2O6. The van der Waals surface area contributed by atoms with Crippen molar-refractivity contribution in [1.82, 2.24) is 9.80 Å². The minimum Gasteiger partial charge on any atom is -0.493 e. The second-order valence-corrected chi connectivity index (χ2v) is 10.1. The highest BCUT2D eigenvalue weighted by molar-refractivity contribution is 5.81. The van der Waals surface area contributed by atoms with Crippen LogP contribution < -0.4 is 9.47 Å². The van der Waals surface area contributed by atoms with E-state index in [1.807, 2.05) is 43.9 Å². The monoisotopic (exact) mass is 476 g/mol. The quantitative estimate of drug-likeness (QED) is 0.470. The smallest absolute Gasteiger partial charge is 0.410 e. The molecule has 1 saturated heterocycles. The fraction of sp³-hybridized carbons (Fsp3) is 0.692. The lowest BCUT2D eigenvalue weighted by Gasteiger charge is -2.36. The molecule has 1 atom stereocenters. The highest BCUT2D eigenvalue weighted by atomic mass is 16.6. The van der Waals surface area contributed by atoms with Gasteiger partial charge in [-0.25, -0.2) is 4.79 Å². The van der Waals surface area contributed by atoms with Gasteiger partial charge in [0.15, 0.2) is 11.5 Å². The summed E-state index contributed by atoms with van der Waals surface area (Å²) in [6.45, 7) is 8.29. The first kappa shape index (κ1) is 26.1. The van der Waals surface area contributed by atoms with Crippen molar-refractivity contribution in [2.75, 3.05) is 40.5 Å². The lowest BCUT2D eigenvalue weighted by molar-refractivity contribution is -0.138. The van der Waals surface area contributed by atoms with E-state index in [-0.39, 0.29) is 24.0 Å². The van der Waals surface area contributed by atoms with Crippen molar-refractivity contribution in [3.63, 3.8) is 0 Å². The van der Waals surface area contributed by atoms with Crippen LogP contribution in [0, 0.1) is 5.92 Å². The summed E-state index contributed by atoms with van der Waals surface area (Å²) in [6.07, 6.45) is 4.07. The van der Waals surface area contributed by atoms with Crippen LogP contribution in [-0.4, -0.2) is 74.0 Å². The number of carbonyl (C=O) groups is 2. The highest BCUT2D eigenvalue weighted by Gasteiger charge is 2.38. The number of piperidine rings is 1. The van der Waals surface area contributed by atoms with Gasteiger partial charge in [-0.1, -0.05) is 6.07 Å². The zero-order valence-electron chi connectivity index (χ0n) is 21.3. The molecule has 1 aromatic carbocycles. The molecule has 1 aliphatic carbocycles. The molecule has 1 heterocycles. The molecule has 1 aliphatic heterocycles. The largest absolute Gasteiger partial charge is 0.493 e. The zero-order chi connectivity index (χ0) is 24.7. The van der Waals surface area contributed by atoms with Gasteiger partial charge in [0.05, 0.1) is 19.6 Å². The van der Waals surface area contributed by atoms with Crippen LogP contribution in [0.2, 0.25) is 0 Å². The van der Waals surface area contributed by atoms with Gasteiger partial charge in [-0.3, -0.25) is 4.79 Å². The fourth-order valence-electron chi connectivity index (χ4n) is 4.19. The minimum absolute atomic E-state index is 0.120. The van der Waals surface area contributed by atoms with Crippen LogP contribution in [0.15, 0.2) is 18.2 Å². The number of hydrogen-bond donors (Lipinski definition) is 0. The van der Waals surface area contributed by atoms with Crippen molar-refractivity contribution in [2.45, 2.75) is 71.1 Å². The van der Waals surface area contributed by atoms with Gasteiger partial charge >= 0.3 is 6.09 Å². The van der Waals surface area contributed by atoms with Gasteiger partial charge in [-0.15, -0.1) is 0 Å². The third-order valence-corrected chi connectivity index (χ3v) is 6.02. The molecule has 8 nitrogen and oxygen atoms in total. The fourth-order valence-corrected chi connectivity index (χ4v) is 4.19. The molecule has 0 radical (unpaired) electrons. The molecule has 190 valence electrons. The SMILES string of the molecule is COCCCOc1cc(CN(C(=O)[C@H]2CCCN(C(=O)OC(C)(C)C)C2)C2CC2)ccc1OC. The van der Waals surface area contributed by atoms with Gasteiger partial charge < -0.3 is 28.7 Å². The first-order valence-electron chi connectivity index (χ1n) is 12.3. The van der Waals surface area contributed by atoms with Crippen LogP contribution >= 0.6 is 0 Å². The Hall–Kier alpha value is -2.48. The number of carbonyl (C=O) groups excluding carboxylic acids is 2. The summed E-state index contributed by atoms with van der Waals surface area (Å²) in [7, 11) is 3.29. The molecule has 0 bridgehead atoms. The van der Waals surface area contributed by atoms with Crippen molar-refractivity contribution in [1.29, 1.82) is 0 Å². The molecule has 1 aromatic rings. The Morgan fingerprint density at radius 2 is 1.85 bits per heavy atom. The Morgan fingerprint density at radius 1 is 1.09 bits per heavy atom. The first-order valence-corrected chi connectivity index (χ1v) is 12.3. The lowest BCUT2D eigenvalue weighted by atomic mass is 9.96. The average molecular weight is 477 g/mol. The van der Waals surface area contributed by atoms with E-state index in [0.29, 0.717) is 44.3 Å². The summed E-state index contributed by atoms with van der Waals surface area (Å²) in [5, 5.41) is 0. The van der Waals surface area contributed by atoms with E-state index in [0.717, 1.165) is 37.7 Å². The molecule has 0 spiro atoms. The van der Waals surface area contributed by atoms with Gasteiger partial charge in [-0.05, 0) is 64.2 Å². The van der Waals surface area contributed by atoms with Crippen molar-refractivity contribution in [3.05, 3.63) is 23.8 Å². The average Bonchev–Trinajstić information content (AvgIpc) is 3.64. The number of amides is 2. The molecule has 2 aliphatic rings. The van der Waals surface area contributed by atoms with Crippen molar-refractivity contribution in [3.8, 4) is 11.5 Å². The third-order valence-electron chi connectivity index (χ3n) is 6.02. The zero-order valence-corrected chi connectivity index (χ0v) is 21.3. The predicted octanol–water partition coefficient (Wildman–Crippen LogP) is 4.25. The Morgan fingerprint density at radius 3 is 2.50 bits per heavy atom. The Bertz CT molecular complexity index is 833. The molecule has 8 heteroatoms. The van der Waals surface area contributed by atoms with Gasteiger partial charge in [0, 0.05) is 45.8 Å². The van der Waals surface area contributed by atoms with Gasteiger partial charge in [0.2, 0.25) is 5.91 Å². The predicted molar refractivity (Wildman–Crippen MR) is 129 cm³/mol. The standard InChI is InChI=1S/C26H40N2O6/c1-26(2,3)34-25(30)27-13-6-8-20(18-27)24(29)28(21-10-11-21)17-19-9-12-22(32-5)23(16-19)33-15-7-14-31-4/h9,12,16,20-21H,6-8,10-11,13-15,17-18H2,1-5H3/t20-/m0/s1. The molecular weight excluding hydrogens is 436 g/mol. The first-order chi connectivity index (χ1) is 16.2. The van der Waals surface area contributed by atoms with Crippen LogP contribution in [0.4, 0.5) is 4.79 Å². The number of benzene rings is 1. The van der Waals surface area contributed by atoms with Gasteiger partial charge in [0.1, 0.15) is 5.60 Å². The lowest BCUT2D eigenvalue weighted by Crippen LogP contribution is -2.48. The summed E-state index contributed by atoms with van der Waals surface area (Å²) in [6, 6.07) is 6.10. The van der Waals surface area contributed by atoms with E-state index < -0.39 is 5.60 Å². The Labute approximate surface area is 203 Å². The summed E-state index contributed by atoms with van der Waals surface area (Å²) < 4.78 is 22.0. The van der Waals surface area contributed by atoms with Crippen LogP contribution in [0.5, 0.6) is 11.5 Å². The van der Waals surface area contributed by atoms with E-state index in [4.69, 9.17) is 18.9 Å². The summed E-state index contributed by atoms with van der Waals surface area (Å²) in [5.41, 5.74) is 0.453. The summed E-state index contributed by atoms with van der Waals surface area (Å²) in [5.74, 6) is 1.26. The van der Waals surface area contributed by atoms with Gasteiger partial charge in [-0.2, -0.15) is 0 Å². The molecule has 0 N–H and O–H groups in total. The second-order valence-electron chi connectivity index (χ2n) is 10.1. The Balaban J connectivity index is 1.67. The number of hydrogen-bond acceptors (Lipinski definition) is 6. The number of nitrogens with zero attached hydrogens (tertiary/aromatic N) is 2. The topological polar surface area (TPSA) is 77.5 Å². The number of ether oxygens (including phenoxy) is 4. The van der Waals surface area contributed by atoms with E-state index in [2.05, 4.69) is 0 Å². The molecule has 0 unspecified atom stereocenters.